The number of anilines is 1. The van der Waals surface area contributed by atoms with Crippen LogP contribution >= 0.6 is 11.8 Å². The van der Waals surface area contributed by atoms with E-state index >= 15 is 0 Å². The second kappa shape index (κ2) is 5.58. The van der Waals surface area contributed by atoms with Crippen molar-refractivity contribution in [2.24, 2.45) is 0 Å². The smallest absolute Gasteiger partial charge is 0.270 e. The summed E-state index contributed by atoms with van der Waals surface area (Å²) in [5, 5.41) is 10.8. The quantitative estimate of drug-likeness (QED) is 0.617. The van der Waals surface area contributed by atoms with E-state index in [1.165, 1.54) is 0 Å². The van der Waals surface area contributed by atoms with Crippen LogP contribution in [-0.2, 0) is 0 Å². The van der Waals surface area contributed by atoms with Gasteiger partial charge in [0.1, 0.15) is 0 Å². The van der Waals surface area contributed by atoms with Crippen LogP contribution in [0.25, 0.3) is 0 Å². The standard InChI is InChI=1S/C12H17N3O2S/c1-13(2)5-6-14-7-8-18-12-9-10(15(16)17)3-4-11(12)14/h3-4,9H,5-8H2,1-2H3. The molecule has 1 aromatic rings. The van der Waals surface area contributed by atoms with Gasteiger partial charge in [0.05, 0.1) is 10.6 Å². The second-order valence-corrected chi connectivity index (χ2v) is 5.68. The van der Waals surface area contributed by atoms with Crippen LogP contribution in [0.4, 0.5) is 11.4 Å². The second-order valence-electron chi connectivity index (χ2n) is 4.55. The van der Waals surface area contributed by atoms with Gasteiger partial charge in [0.15, 0.2) is 0 Å². The third-order valence-electron chi connectivity index (χ3n) is 2.93. The monoisotopic (exact) mass is 267 g/mol. The molecule has 0 amide bonds. The van der Waals surface area contributed by atoms with E-state index in [-0.39, 0.29) is 10.6 Å². The van der Waals surface area contributed by atoms with Crippen LogP contribution < -0.4 is 4.90 Å². The molecular formula is C12H17N3O2S. The minimum absolute atomic E-state index is 0.177. The third kappa shape index (κ3) is 2.94. The summed E-state index contributed by atoms with van der Waals surface area (Å²) in [6, 6.07) is 5.14. The van der Waals surface area contributed by atoms with Crippen LogP contribution in [0.5, 0.6) is 0 Å². The first-order chi connectivity index (χ1) is 8.58. The first-order valence-corrected chi connectivity index (χ1v) is 6.87. The number of likely N-dealkylation sites (N-methyl/N-ethyl adjacent to an activating group) is 1. The number of benzene rings is 1. The molecule has 5 nitrogen and oxygen atoms in total. The molecule has 98 valence electrons. The van der Waals surface area contributed by atoms with Crippen molar-refractivity contribution in [3.8, 4) is 0 Å². The van der Waals surface area contributed by atoms with Gasteiger partial charge in [0.25, 0.3) is 5.69 Å². The van der Waals surface area contributed by atoms with Gasteiger partial charge in [0, 0.05) is 42.4 Å². The number of non-ortho nitro benzene ring substituents is 1. The molecule has 1 heterocycles. The predicted octanol–water partition coefficient (Wildman–Crippen LogP) is 2.07. The Bertz CT molecular complexity index is 451. The number of hydrogen-bond acceptors (Lipinski definition) is 5. The highest BCUT2D eigenvalue weighted by atomic mass is 32.2. The predicted molar refractivity (Wildman–Crippen MR) is 74.6 cm³/mol. The molecule has 18 heavy (non-hydrogen) atoms. The number of thioether (sulfide) groups is 1. The molecule has 0 spiro atoms. The van der Waals surface area contributed by atoms with Crippen molar-refractivity contribution in [2.45, 2.75) is 4.90 Å². The van der Waals surface area contributed by atoms with E-state index in [1.807, 2.05) is 6.07 Å². The number of nitro benzene ring substituents is 1. The van der Waals surface area contributed by atoms with Crippen molar-refractivity contribution in [3.63, 3.8) is 0 Å². The molecule has 0 radical (unpaired) electrons. The van der Waals surface area contributed by atoms with Gasteiger partial charge in [-0.25, -0.2) is 0 Å². The minimum atomic E-state index is -0.334. The maximum absolute atomic E-state index is 10.8. The molecule has 2 rings (SSSR count). The van der Waals surface area contributed by atoms with Gasteiger partial charge in [-0.15, -0.1) is 11.8 Å². The lowest BCUT2D eigenvalue weighted by Gasteiger charge is -2.31. The maximum atomic E-state index is 10.8. The van der Waals surface area contributed by atoms with E-state index in [0.29, 0.717) is 0 Å². The summed E-state index contributed by atoms with van der Waals surface area (Å²) in [5.41, 5.74) is 1.30. The Morgan fingerprint density at radius 2 is 2.28 bits per heavy atom. The van der Waals surface area contributed by atoms with Crippen LogP contribution in [0.3, 0.4) is 0 Å². The summed E-state index contributed by atoms with van der Waals surface area (Å²) >= 11 is 1.70. The lowest BCUT2D eigenvalue weighted by molar-refractivity contribution is -0.385. The van der Waals surface area contributed by atoms with Crippen LogP contribution in [0.1, 0.15) is 0 Å². The summed E-state index contributed by atoms with van der Waals surface area (Å²) in [7, 11) is 4.10. The van der Waals surface area contributed by atoms with Crippen LogP contribution in [0, 0.1) is 10.1 Å². The van der Waals surface area contributed by atoms with Gasteiger partial charge in [-0.3, -0.25) is 10.1 Å². The first-order valence-electron chi connectivity index (χ1n) is 5.89. The number of fused-ring (bicyclic) bond motifs is 1. The molecule has 0 fully saturated rings. The molecule has 1 aliphatic rings. The van der Waals surface area contributed by atoms with Crippen LogP contribution in [0.15, 0.2) is 23.1 Å². The summed E-state index contributed by atoms with van der Waals surface area (Å²) < 4.78 is 0. The van der Waals surface area contributed by atoms with Crippen molar-refractivity contribution < 1.29 is 4.92 Å². The SMILES string of the molecule is CN(C)CCN1CCSc2cc([N+](=O)[O-])ccc21. The fourth-order valence-corrected chi connectivity index (χ4v) is 3.01. The Morgan fingerprint density at radius 3 is 2.94 bits per heavy atom. The van der Waals surface area contributed by atoms with Crippen LogP contribution in [0.2, 0.25) is 0 Å². The molecule has 1 aliphatic heterocycles. The molecule has 0 N–H and O–H groups in total. The summed E-state index contributed by atoms with van der Waals surface area (Å²) in [4.78, 5) is 15.9. The molecular weight excluding hydrogens is 250 g/mol. The van der Waals surface area contributed by atoms with Gasteiger partial charge in [-0.1, -0.05) is 0 Å². The van der Waals surface area contributed by atoms with Crippen molar-refractivity contribution >= 4 is 23.1 Å². The van der Waals surface area contributed by atoms with Gasteiger partial charge in [0.2, 0.25) is 0 Å². The summed E-state index contributed by atoms with van der Waals surface area (Å²) in [6.45, 7) is 2.95. The van der Waals surface area contributed by atoms with Gasteiger partial charge < -0.3 is 9.80 Å². The Balaban J connectivity index is 2.19. The Hall–Kier alpha value is -1.27. The maximum Gasteiger partial charge on any atom is 0.270 e. The average molecular weight is 267 g/mol. The normalized spacial score (nSPS) is 14.7. The fourth-order valence-electron chi connectivity index (χ4n) is 1.93. The average Bonchev–Trinajstić information content (AvgIpc) is 2.35. The molecule has 0 aromatic heterocycles. The highest BCUT2D eigenvalue weighted by Gasteiger charge is 2.20. The zero-order valence-electron chi connectivity index (χ0n) is 10.6. The Labute approximate surface area is 111 Å². The largest absolute Gasteiger partial charge is 0.368 e. The molecule has 0 aliphatic carbocycles. The van der Waals surface area contributed by atoms with E-state index in [0.717, 1.165) is 36.0 Å². The molecule has 0 bridgehead atoms. The van der Waals surface area contributed by atoms with Crippen molar-refractivity contribution in [2.75, 3.05) is 44.4 Å². The van der Waals surface area contributed by atoms with E-state index in [9.17, 15) is 10.1 Å². The van der Waals surface area contributed by atoms with Crippen LogP contribution in [-0.4, -0.2) is 49.3 Å². The van der Waals surface area contributed by atoms with E-state index in [4.69, 9.17) is 0 Å². The Morgan fingerprint density at radius 1 is 1.50 bits per heavy atom. The van der Waals surface area contributed by atoms with Gasteiger partial charge >= 0.3 is 0 Å². The number of hydrogen-bond donors (Lipinski definition) is 0. The molecule has 6 heteroatoms. The number of nitro groups is 1. The number of nitrogens with zero attached hydrogens (tertiary/aromatic N) is 3. The molecule has 0 saturated heterocycles. The molecule has 1 aromatic carbocycles. The Kier molecular flexibility index (Phi) is 4.08. The fraction of sp³-hybridized carbons (Fsp3) is 0.500. The van der Waals surface area contributed by atoms with Gasteiger partial charge in [-0.05, 0) is 20.2 Å². The van der Waals surface area contributed by atoms with E-state index in [2.05, 4.69) is 23.9 Å². The van der Waals surface area contributed by atoms with Gasteiger partial charge in [-0.2, -0.15) is 0 Å². The lowest BCUT2D eigenvalue weighted by atomic mass is 10.2. The highest BCUT2D eigenvalue weighted by molar-refractivity contribution is 7.99. The molecule has 0 saturated carbocycles. The zero-order valence-corrected chi connectivity index (χ0v) is 11.4. The van der Waals surface area contributed by atoms with Crippen molar-refractivity contribution in [3.05, 3.63) is 28.3 Å². The lowest BCUT2D eigenvalue weighted by Crippen LogP contribution is -2.35. The number of rotatable bonds is 4. The molecule has 0 atom stereocenters. The first kappa shape index (κ1) is 13.2. The summed E-state index contributed by atoms with van der Waals surface area (Å²) in [6.07, 6.45) is 0. The van der Waals surface area contributed by atoms with Crippen molar-refractivity contribution in [1.82, 2.24) is 4.90 Å². The minimum Gasteiger partial charge on any atom is -0.368 e. The summed E-state index contributed by atoms with van der Waals surface area (Å²) in [5.74, 6) is 0.988. The van der Waals surface area contributed by atoms with Crippen molar-refractivity contribution in [1.29, 1.82) is 0 Å². The zero-order chi connectivity index (χ0) is 13.1. The third-order valence-corrected chi connectivity index (χ3v) is 3.96. The van der Waals surface area contributed by atoms with E-state index < -0.39 is 0 Å². The topological polar surface area (TPSA) is 49.6 Å². The highest BCUT2D eigenvalue weighted by Crippen LogP contribution is 2.36. The molecule has 0 unspecified atom stereocenters. The van der Waals surface area contributed by atoms with E-state index in [1.54, 1.807) is 23.9 Å².